The molecule has 0 aromatic heterocycles. The van der Waals surface area contributed by atoms with E-state index in [0.29, 0.717) is 12.0 Å². The molecular weight excluding hydrogens is 629 g/mol. The number of fused-ring (bicyclic) bond motifs is 3. The number of rotatable bonds is 7. The minimum absolute atomic E-state index is 0.291. The molecule has 1 aliphatic heterocycles. The Morgan fingerprint density at radius 3 is 1.69 bits per heavy atom. The van der Waals surface area contributed by atoms with Crippen LogP contribution in [0.1, 0.15) is 22.6 Å². The maximum atomic E-state index is 2.49. The van der Waals surface area contributed by atoms with Crippen LogP contribution in [0.4, 0.5) is 28.4 Å². The Hall–Kier alpha value is -6.38. The average Bonchev–Trinajstić information content (AvgIpc) is 3.53. The summed E-state index contributed by atoms with van der Waals surface area (Å²) in [5.41, 5.74) is 17.3. The molecule has 2 unspecified atom stereocenters. The molecule has 1 heterocycles. The predicted molar refractivity (Wildman–Crippen MR) is 220 cm³/mol. The molecule has 0 saturated carbocycles. The number of anilines is 5. The van der Waals surface area contributed by atoms with Gasteiger partial charge >= 0.3 is 0 Å². The molecule has 0 fully saturated rings. The van der Waals surface area contributed by atoms with Gasteiger partial charge in [0, 0.05) is 34.4 Å². The maximum absolute atomic E-state index is 2.49. The summed E-state index contributed by atoms with van der Waals surface area (Å²) in [5.74, 6) is 0.332. The van der Waals surface area contributed by atoms with Crippen molar-refractivity contribution in [3.8, 4) is 33.4 Å². The quantitative estimate of drug-likeness (QED) is 0.167. The molecule has 2 heteroatoms. The zero-order valence-corrected chi connectivity index (χ0v) is 29.5. The van der Waals surface area contributed by atoms with Gasteiger partial charge in [0.05, 0.1) is 6.04 Å². The second kappa shape index (κ2) is 13.4. The van der Waals surface area contributed by atoms with Gasteiger partial charge in [-0.15, -0.1) is 0 Å². The molecule has 2 atom stereocenters. The molecule has 0 bridgehead atoms. The molecule has 0 radical (unpaired) electrons. The van der Waals surface area contributed by atoms with Gasteiger partial charge in [-0.05, 0) is 125 Å². The molecule has 7 aromatic carbocycles. The topological polar surface area (TPSA) is 6.48 Å². The van der Waals surface area contributed by atoms with Crippen molar-refractivity contribution in [2.24, 2.45) is 0 Å². The van der Waals surface area contributed by atoms with Gasteiger partial charge in [0.2, 0.25) is 0 Å². The first kappa shape index (κ1) is 31.6. The molecule has 0 spiro atoms. The fourth-order valence-electron chi connectivity index (χ4n) is 8.10. The normalized spacial score (nSPS) is 15.7. The first-order valence-electron chi connectivity index (χ1n) is 18.2. The zero-order valence-electron chi connectivity index (χ0n) is 29.5. The molecule has 52 heavy (non-hydrogen) atoms. The Labute approximate surface area is 307 Å². The van der Waals surface area contributed by atoms with Crippen molar-refractivity contribution in [1.29, 1.82) is 0 Å². The van der Waals surface area contributed by atoms with Crippen LogP contribution in [0, 0.1) is 13.8 Å². The molecule has 7 aromatic rings. The van der Waals surface area contributed by atoms with E-state index in [4.69, 9.17) is 0 Å². The van der Waals surface area contributed by atoms with E-state index in [1.165, 1.54) is 61.4 Å². The number of hydrogen-bond acceptors (Lipinski definition) is 2. The standard InChI is InChI=1S/C50H40N2/c1-35-32-39(40-25-31-50-48(34-40)47-20-12-13-21-49(47)52(50)42-18-10-5-11-19-42)24-29-45(35)46-30-28-44(33-36(46)2)51(41-16-8-4-9-17-41)43-26-22-38(23-27-43)37-14-6-3-7-15-37/h3-34,47,49H,1-2H3. The van der Waals surface area contributed by atoms with Crippen LogP contribution in [0.25, 0.3) is 33.4 Å². The van der Waals surface area contributed by atoms with Gasteiger partial charge in [-0.3, -0.25) is 0 Å². The maximum Gasteiger partial charge on any atom is 0.0629 e. The van der Waals surface area contributed by atoms with Crippen molar-refractivity contribution < 1.29 is 0 Å². The summed E-state index contributed by atoms with van der Waals surface area (Å²) in [6.45, 7) is 4.47. The third-order valence-corrected chi connectivity index (χ3v) is 10.6. The third-order valence-electron chi connectivity index (χ3n) is 10.6. The number of benzene rings is 7. The van der Waals surface area contributed by atoms with Crippen molar-refractivity contribution in [1.82, 2.24) is 0 Å². The predicted octanol–water partition coefficient (Wildman–Crippen LogP) is 13.5. The smallest absolute Gasteiger partial charge is 0.0629 e. The van der Waals surface area contributed by atoms with Gasteiger partial charge in [-0.1, -0.05) is 133 Å². The van der Waals surface area contributed by atoms with Gasteiger partial charge in [0.1, 0.15) is 0 Å². The van der Waals surface area contributed by atoms with E-state index >= 15 is 0 Å². The van der Waals surface area contributed by atoms with Gasteiger partial charge in [-0.25, -0.2) is 0 Å². The van der Waals surface area contributed by atoms with E-state index in [0.717, 1.165) is 17.1 Å². The number of hydrogen-bond donors (Lipinski definition) is 0. The van der Waals surface area contributed by atoms with Crippen LogP contribution in [-0.4, -0.2) is 6.04 Å². The molecule has 250 valence electrons. The summed E-state index contributed by atoms with van der Waals surface area (Å²) in [6, 6.07) is 62.0. The Kier molecular flexibility index (Phi) is 8.14. The largest absolute Gasteiger partial charge is 0.333 e. The van der Waals surface area contributed by atoms with E-state index in [1.807, 2.05) is 0 Å². The van der Waals surface area contributed by atoms with Crippen molar-refractivity contribution in [2.45, 2.75) is 25.8 Å². The molecule has 9 rings (SSSR count). The van der Waals surface area contributed by atoms with Crippen LogP contribution >= 0.6 is 0 Å². The average molecular weight is 669 g/mol. The van der Waals surface area contributed by atoms with E-state index in [9.17, 15) is 0 Å². The van der Waals surface area contributed by atoms with E-state index in [2.05, 4.69) is 218 Å². The van der Waals surface area contributed by atoms with Crippen LogP contribution in [0.5, 0.6) is 0 Å². The summed E-state index contributed by atoms with van der Waals surface area (Å²) in [5, 5.41) is 0. The summed E-state index contributed by atoms with van der Waals surface area (Å²) >= 11 is 0. The first-order chi connectivity index (χ1) is 25.6. The van der Waals surface area contributed by atoms with Crippen molar-refractivity contribution in [3.63, 3.8) is 0 Å². The Bertz CT molecular complexity index is 2430. The SMILES string of the molecule is Cc1cc(-c2ccc3c(c2)C2C=CC=CC2N3c2ccccc2)ccc1-c1ccc(N(c2ccccc2)c2ccc(-c3ccccc3)cc2)cc1C. The number of allylic oxidation sites excluding steroid dienone is 2. The molecule has 0 amide bonds. The van der Waals surface area contributed by atoms with E-state index in [1.54, 1.807) is 0 Å². The van der Waals surface area contributed by atoms with Crippen LogP contribution in [0.15, 0.2) is 194 Å². The number of aryl methyl sites for hydroxylation is 2. The van der Waals surface area contributed by atoms with Crippen LogP contribution in [-0.2, 0) is 0 Å². The highest BCUT2D eigenvalue weighted by molar-refractivity contribution is 5.84. The lowest BCUT2D eigenvalue weighted by Gasteiger charge is -2.28. The third kappa shape index (κ3) is 5.73. The van der Waals surface area contributed by atoms with Gasteiger partial charge in [0.25, 0.3) is 0 Å². The molecular formula is C50H40N2. The fourth-order valence-corrected chi connectivity index (χ4v) is 8.10. The molecule has 0 N–H and O–H groups in total. The highest BCUT2D eigenvalue weighted by atomic mass is 15.2. The Morgan fingerprint density at radius 2 is 0.981 bits per heavy atom. The Morgan fingerprint density at radius 1 is 0.442 bits per heavy atom. The van der Waals surface area contributed by atoms with E-state index < -0.39 is 0 Å². The van der Waals surface area contributed by atoms with Gasteiger partial charge < -0.3 is 9.80 Å². The number of nitrogens with zero attached hydrogens (tertiary/aromatic N) is 2. The lowest BCUT2D eigenvalue weighted by atomic mass is 9.89. The van der Waals surface area contributed by atoms with Gasteiger partial charge in [-0.2, -0.15) is 0 Å². The molecule has 2 aliphatic rings. The van der Waals surface area contributed by atoms with Crippen molar-refractivity contribution in [2.75, 3.05) is 9.80 Å². The second-order valence-corrected chi connectivity index (χ2v) is 13.9. The van der Waals surface area contributed by atoms with Crippen LogP contribution < -0.4 is 9.80 Å². The molecule has 2 nitrogen and oxygen atoms in total. The van der Waals surface area contributed by atoms with Crippen molar-refractivity contribution >= 4 is 28.4 Å². The first-order valence-corrected chi connectivity index (χ1v) is 18.2. The number of para-hydroxylation sites is 2. The molecule has 0 saturated heterocycles. The minimum atomic E-state index is 0.291. The van der Waals surface area contributed by atoms with E-state index in [-0.39, 0.29) is 0 Å². The highest BCUT2D eigenvalue weighted by Crippen LogP contribution is 2.49. The highest BCUT2D eigenvalue weighted by Gasteiger charge is 2.37. The summed E-state index contributed by atoms with van der Waals surface area (Å²) in [7, 11) is 0. The lowest BCUT2D eigenvalue weighted by molar-refractivity contribution is 0.745. The zero-order chi connectivity index (χ0) is 35.0. The Balaban J connectivity index is 1.03. The molecule has 1 aliphatic carbocycles. The van der Waals surface area contributed by atoms with Gasteiger partial charge in [0.15, 0.2) is 0 Å². The summed E-state index contributed by atoms with van der Waals surface area (Å²) < 4.78 is 0. The van der Waals surface area contributed by atoms with Crippen LogP contribution in [0.2, 0.25) is 0 Å². The lowest BCUT2D eigenvalue weighted by Crippen LogP contribution is -2.28. The monoisotopic (exact) mass is 668 g/mol. The summed E-state index contributed by atoms with van der Waals surface area (Å²) in [4.78, 5) is 4.83. The second-order valence-electron chi connectivity index (χ2n) is 13.9. The van der Waals surface area contributed by atoms with Crippen molar-refractivity contribution in [3.05, 3.63) is 211 Å². The van der Waals surface area contributed by atoms with Crippen LogP contribution in [0.3, 0.4) is 0 Å². The fraction of sp³-hybridized carbons (Fsp3) is 0.0800. The summed E-state index contributed by atoms with van der Waals surface area (Å²) in [6.07, 6.45) is 9.07. The minimum Gasteiger partial charge on any atom is -0.333 e.